The topological polar surface area (TPSA) is 27.1 Å². The molecular weight excluding hydrogens is 176 g/mol. The minimum absolute atomic E-state index is 0.562. The fourth-order valence-corrected chi connectivity index (χ4v) is 1.17. The third-order valence-electron chi connectivity index (χ3n) is 1.87. The molecule has 0 N–H and O–H groups in total. The normalized spacial score (nSPS) is 11.0. The van der Waals surface area contributed by atoms with Gasteiger partial charge in [0, 0.05) is 32.1 Å². The summed E-state index contributed by atoms with van der Waals surface area (Å²) in [5, 5.41) is 0. The average molecular weight is 192 g/mol. The van der Waals surface area contributed by atoms with Crippen LogP contribution >= 0.6 is 0 Å². The molecule has 0 aliphatic heterocycles. The van der Waals surface area contributed by atoms with Crippen LogP contribution in [0.25, 0.3) is 6.20 Å². The van der Waals surface area contributed by atoms with Gasteiger partial charge in [-0.05, 0) is 11.6 Å². The molecule has 3 nitrogen and oxygen atoms in total. The van der Waals surface area contributed by atoms with Gasteiger partial charge in [-0.1, -0.05) is 13.5 Å². The predicted molar refractivity (Wildman–Crippen MR) is 58.0 cm³/mol. The van der Waals surface area contributed by atoms with Gasteiger partial charge in [0.2, 0.25) is 0 Å². The molecule has 0 aliphatic rings. The van der Waals surface area contributed by atoms with Crippen LogP contribution in [0.5, 0.6) is 0 Å². The van der Waals surface area contributed by atoms with Gasteiger partial charge in [-0.25, -0.2) is 4.98 Å². The second-order valence-electron chi connectivity index (χ2n) is 3.01. The summed E-state index contributed by atoms with van der Waals surface area (Å²) < 4.78 is 6.94. The van der Waals surface area contributed by atoms with Gasteiger partial charge in [0.25, 0.3) is 0 Å². The Kier molecular flexibility index (Phi) is 4.13. The van der Waals surface area contributed by atoms with Gasteiger partial charge in [-0.3, -0.25) is 0 Å². The van der Waals surface area contributed by atoms with Gasteiger partial charge in [-0.2, -0.15) is 0 Å². The van der Waals surface area contributed by atoms with Gasteiger partial charge < -0.3 is 9.30 Å². The van der Waals surface area contributed by atoms with E-state index in [4.69, 9.17) is 4.74 Å². The van der Waals surface area contributed by atoms with Crippen molar-refractivity contribution in [2.24, 2.45) is 0 Å². The van der Waals surface area contributed by atoms with E-state index >= 15 is 0 Å². The zero-order valence-electron chi connectivity index (χ0n) is 8.73. The van der Waals surface area contributed by atoms with Crippen molar-refractivity contribution in [2.75, 3.05) is 13.7 Å². The molecule has 0 atom stereocenters. The molecule has 14 heavy (non-hydrogen) atoms. The number of hydrogen-bond acceptors (Lipinski definition) is 2. The lowest BCUT2D eigenvalue weighted by Gasteiger charge is -2.00. The standard InChI is InChI=1S/C11H16N2O/c1-4-11-12-6-8-13(11)7-5-10(2)9-14-3/h5-8H,2,4,9H2,1,3H3/b7-5-. The Labute approximate surface area is 84.7 Å². The van der Waals surface area contributed by atoms with Crippen molar-refractivity contribution in [1.82, 2.24) is 9.55 Å². The number of rotatable bonds is 5. The van der Waals surface area contributed by atoms with Crippen molar-refractivity contribution in [3.05, 3.63) is 36.4 Å². The van der Waals surface area contributed by atoms with Crippen LogP contribution in [0.4, 0.5) is 0 Å². The Hall–Kier alpha value is -1.35. The highest BCUT2D eigenvalue weighted by Crippen LogP contribution is 2.01. The van der Waals surface area contributed by atoms with E-state index < -0.39 is 0 Å². The molecule has 3 heteroatoms. The van der Waals surface area contributed by atoms with Crippen molar-refractivity contribution >= 4 is 6.20 Å². The first-order valence-electron chi connectivity index (χ1n) is 4.64. The van der Waals surface area contributed by atoms with Crippen LogP contribution in [-0.2, 0) is 11.2 Å². The van der Waals surface area contributed by atoms with Crippen molar-refractivity contribution in [2.45, 2.75) is 13.3 Å². The maximum Gasteiger partial charge on any atom is 0.112 e. The quantitative estimate of drug-likeness (QED) is 0.668. The minimum Gasteiger partial charge on any atom is -0.380 e. The highest BCUT2D eigenvalue weighted by atomic mass is 16.5. The molecule has 0 fully saturated rings. The molecule has 0 radical (unpaired) electrons. The van der Waals surface area contributed by atoms with Crippen molar-refractivity contribution in [1.29, 1.82) is 0 Å². The highest BCUT2D eigenvalue weighted by molar-refractivity contribution is 5.34. The number of aromatic nitrogens is 2. The van der Waals surface area contributed by atoms with Crippen molar-refractivity contribution < 1.29 is 4.74 Å². The SMILES string of the molecule is C=C(/C=C\n1ccnc1CC)COC. The van der Waals surface area contributed by atoms with Gasteiger partial charge in [-0.15, -0.1) is 0 Å². The smallest absolute Gasteiger partial charge is 0.112 e. The summed E-state index contributed by atoms with van der Waals surface area (Å²) in [5.74, 6) is 1.05. The zero-order chi connectivity index (χ0) is 10.4. The molecule has 76 valence electrons. The van der Waals surface area contributed by atoms with Crippen LogP contribution in [-0.4, -0.2) is 23.3 Å². The summed E-state index contributed by atoms with van der Waals surface area (Å²) in [6.07, 6.45) is 8.53. The molecule has 0 aliphatic carbocycles. The number of ether oxygens (including phenoxy) is 1. The molecule has 0 spiro atoms. The number of nitrogens with zero attached hydrogens (tertiary/aromatic N) is 2. The third kappa shape index (κ3) is 2.85. The van der Waals surface area contributed by atoms with Crippen LogP contribution in [0.1, 0.15) is 12.7 Å². The largest absolute Gasteiger partial charge is 0.380 e. The van der Waals surface area contributed by atoms with Gasteiger partial charge in [0.05, 0.1) is 6.61 Å². The van der Waals surface area contributed by atoms with E-state index in [2.05, 4.69) is 18.5 Å². The second-order valence-corrected chi connectivity index (χ2v) is 3.01. The minimum atomic E-state index is 0.562. The first-order chi connectivity index (χ1) is 6.77. The lowest BCUT2D eigenvalue weighted by atomic mass is 10.3. The Bertz CT molecular complexity index is 326. The summed E-state index contributed by atoms with van der Waals surface area (Å²) in [5.41, 5.74) is 0.947. The molecule has 1 aromatic heterocycles. The lowest BCUT2D eigenvalue weighted by Crippen LogP contribution is -1.94. The molecule has 0 aromatic carbocycles. The summed E-state index contributed by atoms with van der Waals surface area (Å²) in [6, 6.07) is 0. The lowest BCUT2D eigenvalue weighted by molar-refractivity contribution is 0.228. The van der Waals surface area contributed by atoms with Crippen molar-refractivity contribution in [3.8, 4) is 0 Å². The Morgan fingerprint density at radius 3 is 3.14 bits per heavy atom. The van der Waals surface area contributed by atoms with E-state index in [0.29, 0.717) is 6.61 Å². The summed E-state index contributed by atoms with van der Waals surface area (Å²) >= 11 is 0. The van der Waals surface area contributed by atoms with Crippen LogP contribution < -0.4 is 0 Å². The van der Waals surface area contributed by atoms with Crippen LogP contribution in [0.3, 0.4) is 0 Å². The molecule has 0 saturated heterocycles. The maximum atomic E-state index is 4.95. The number of imidazole rings is 1. The van der Waals surface area contributed by atoms with E-state index in [1.165, 1.54) is 0 Å². The highest BCUT2D eigenvalue weighted by Gasteiger charge is 1.95. The number of aryl methyl sites for hydroxylation is 1. The Morgan fingerprint density at radius 2 is 2.50 bits per heavy atom. The summed E-state index contributed by atoms with van der Waals surface area (Å²) in [6.45, 7) is 6.50. The maximum absolute atomic E-state index is 4.95. The molecule has 0 unspecified atom stereocenters. The van der Waals surface area contributed by atoms with E-state index in [9.17, 15) is 0 Å². The fourth-order valence-electron chi connectivity index (χ4n) is 1.17. The number of hydrogen-bond donors (Lipinski definition) is 0. The first kappa shape index (κ1) is 10.7. The summed E-state index contributed by atoms with van der Waals surface area (Å²) in [4.78, 5) is 4.21. The van der Waals surface area contributed by atoms with E-state index in [0.717, 1.165) is 17.8 Å². The second kappa shape index (κ2) is 5.40. The monoisotopic (exact) mass is 192 g/mol. The molecular formula is C11H16N2O. The molecule has 1 heterocycles. The van der Waals surface area contributed by atoms with E-state index in [1.807, 2.05) is 23.0 Å². The van der Waals surface area contributed by atoms with Crippen LogP contribution in [0.2, 0.25) is 0 Å². The molecule has 0 amide bonds. The Morgan fingerprint density at radius 1 is 1.71 bits per heavy atom. The van der Waals surface area contributed by atoms with Gasteiger partial charge >= 0.3 is 0 Å². The molecule has 1 rings (SSSR count). The number of methoxy groups -OCH3 is 1. The Balaban J connectivity index is 2.63. The average Bonchev–Trinajstić information content (AvgIpc) is 2.62. The molecule has 0 saturated carbocycles. The van der Waals surface area contributed by atoms with Crippen LogP contribution in [0, 0.1) is 0 Å². The van der Waals surface area contributed by atoms with Crippen LogP contribution in [0.15, 0.2) is 30.6 Å². The predicted octanol–water partition coefficient (Wildman–Crippen LogP) is 2.12. The third-order valence-corrected chi connectivity index (χ3v) is 1.87. The molecule has 0 bridgehead atoms. The van der Waals surface area contributed by atoms with Gasteiger partial charge in [0.1, 0.15) is 5.82 Å². The van der Waals surface area contributed by atoms with Gasteiger partial charge in [0.15, 0.2) is 0 Å². The van der Waals surface area contributed by atoms with Crippen molar-refractivity contribution in [3.63, 3.8) is 0 Å². The van der Waals surface area contributed by atoms with E-state index in [-0.39, 0.29) is 0 Å². The van der Waals surface area contributed by atoms with E-state index in [1.54, 1.807) is 13.3 Å². The fraction of sp³-hybridized carbons (Fsp3) is 0.364. The zero-order valence-corrected chi connectivity index (χ0v) is 8.73. The summed E-state index contributed by atoms with van der Waals surface area (Å²) in [7, 11) is 1.66. The first-order valence-corrected chi connectivity index (χ1v) is 4.64. The molecule has 1 aromatic rings.